The van der Waals surface area contributed by atoms with E-state index in [1.807, 2.05) is 0 Å². The number of aromatic nitrogens is 2. The molecule has 2 unspecified atom stereocenters. The number of nitrogens with one attached hydrogen (secondary N) is 1. The lowest BCUT2D eigenvalue weighted by Gasteiger charge is -2.37. The minimum atomic E-state index is 0.0135. The number of benzene rings is 2. The molecular weight excluding hydrogens is 448 g/mol. The van der Waals surface area contributed by atoms with Crippen LogP contribution in [-0.2, 0) is 18.4 Å². The van der Waals surface area contributed by atoms with Gasteiger partial charge in [-0.2, -0.15) is 0 Å². The highest BCUT2D eigenvalue weighted by Crippen LogP contribution is 2.43. The van der Waals surface area contributed by atoms with Crippen molar-refractivity contribution in [2.75, 3.05) is 0 Å². The Kier molecular flexibility index (Phi) is 13.0. The van der Waals surface area contributed by atoms with Crippen molar-refractivity contribution in [1.29, 1.82) is 0 Å². The zero-order valence-corrected chi connectivity index (χ0v) is 24.1. The molecule has 0 spiro atoms. The van der Waals surface area contributed by atoms with Crippen molar-refractivity contribution in [2.24, 2.45) is 0 Å². The maximum atomic E-state index is 3.75. The van der Waals surface area contributed by atoms with Crippen molar-refractivity contribution in [3.63, 3.8) is 0 Å². The number of H-pyrrole nitrogens is 1. The van der Waals surface area contributed by atoms with E-state index in [-0.39, 0.29) is 5.41 Å². The van der Waals surface area contributed by atoms with Crippen LogP contribution in [0.2, 0.25) is 0 Å². The van der Waals surface area contributed by atoms with Crippen LogP contribution in [0.4, 0.5) is 0 Å². The van der Waals surface area contributed by atoms with Crippen molar-refractivity contribution in [2.45, 2.75) is 129 Å². The molecule has 0 aliphatic heterocycles. The van der Waals surface area contributed by atoms with Crippen LogP contribution in [0.3, 0.4) is 0 Å². The van der Waals surface area contributed by atoms with E-state index in [4.69, 9.17) is 0 Å². The first kappa shape index (κ1) is 29.2. The summed E-state index contributed by atoms with van der Waals surface area (Å²) in [6.45, 7) is 8.24. The van der Waals surface area contributed by atoms with Gasteiger partial charge in [0.25, 0.3) is 5.82 Å². The maximum Gasteiger partial charge on any atom is 0.258 e. The summed E-state index contributed by atoms with van der Waals surface area (Å²) in [6, 6.07) is 22.5. The summed E-state index contributed by atoms with van der Waals surface area (Å²) in [5.41, 5.74) is 2.89. The number of hydrogen-bond acceptors (Lipinski definition) is 0. The number of imidazole rings is 1. The van der Waals surface area contributed by atoms with Gasteiger partial charge in [-0.05, 0) is 36.8 Å². The summed E-state index contributed by atoms with van der Waals surface area (Å²) in [5, 5.41) is 0. The molecule has 0 amide bonds. The smallest absolute Gasteiger partial charge is 0.247 e. The number of nitrogens with zero attached hydrogens (tertiary/aromatic N) is 1. The second-order valence-electron chi connectivity index (χ2n) is 11.4. The Morgan fingerprint density at radius 2 is 1.27 bits per heavy atom. The first-order chi connectivity index (χ1) is 18.2. The average molecular weight is 502 g/mol. The average Bonchev–Trinajstić information content (AvgIpc) is 3.39. The van der Waals surface area contributed by atoms with E-state index in [9.17, 15) is 0 Å². The molecule has 37 heavy (non-hydrogen) atoms. The van der Waals surface area contributed by atoms with E-state index in [0.29, 0.717) is 5.92 Å². The number of unbranched alkanes of at least 4 members (excludes halogenated alkanes) is 10. The predicted octanol–water partition coefficient (Wildman–Crippen LogP) is 9.70. The van der Waals surface area contributed by atoms with Crippen molar-refractivity contribution in [3.05, 3.63) is 90.0 Å². The molecule has 3 aromatic rings. The highest BCUT2D eigenvalue weighted by Gasteiger charge is 2.41. The SMILES string of the molecule is CCCCCCCCCC(c1[nH]cc[n+]1CCCCCCC)C(C)(Cc1ccccc1)c1ccccc1. The van der Waals surface area contributed by atoms with Crippen molar-refractivity contribution >= 4 is 0 Å². The summed E-state index contributed by atoms with van der Waals surface area (Å²) < 4.78 is 2.55. The predicted molar refractivity (Wildman–Crippen MR) is 159 cm³/mol. The van der Waals surface area contributed by atoms with Gasteiger partial charge in [0.15, 0.2) is 0 Å². The molecule has 3 rings (SSSR count). The first-order valence-electron chi connectivity index (χ1n) is 15.3. The number of rotatable bonds is 19. The molecule has 1 aromatic heterocycles. The molecule has 0 saturated heterocycles. The van der Waals surface area contributed by atoms with Gasteiger partial charge in [-0.1, -0.05) is 146 Å². The normalized spacial score (nSPS) is 13.9. The fourth-order valence-corrected chi connectivity index (χ4v) is 6.09. The molecular formula is C35H53N2+. The largest absolute Gasteiger partial charge is 0.258 e. The molecule has 1 N–H and O–H groups in total. The van der Waals surface area contributed by atoms with Crippen LogP contribution >= 0.6 is 0 Å². The van der Waals surface area contributed by atoms with Gasteiger partial charge >= 0.3 is 0 Å². The fraction of sp³-hybridized carbons (Fsp3) is 0.571. The standard InChI is InChI=1S/C35H52N2/c1-4-6-8-10-11-12-20-26-33(34-36-27-29-37(34)28-21-13-9-7-5-2)35(3,32-24-18-15-19-25-32)30-31-22-16-14-17-23-31/h14-19,22-25,27,29,33H,4-13,20-21,26,28,30H2,1-3H3/p+1. The number of aromatic amines is 1. The molecule has 2 heteroatoms. The second-order valence-corrected chi connectivity index (χ2v) is 11.4. The van der Waals surface area contributed by atoms with Gasteiger partial charge < -0.3 is 0 Å². The van der Waals surface area contributed by atoms with Crippen LogP contribution in [0, 0.1) is 0 Å². The van der Waals surface area contributed by atoms with E-state index in [2.05, 4.69) is 103 Å². The van der Waals surface area contributed by atoms with Crippen LogP contribution in [0.5, 0.6) is 0 Å². The van der Waals surface area contributed by atoms with Gasteiger partial charge in [0.1, 0.15) is 12.4 Å². The summed E-state index contributed by atoms with van der Waals surface area (Å²) in [7, 11) is 0. The quantitative estimate of drug-likeness (QED) is 0.125. The lowest BCUT2D eigenvalue weighted by Crippen LogP contribution is -2.43. The van der Waals surface area contributed by atoms with Crippen LogP contribution in [-0.4, -0.2) is 4.98 Å². The summed E-state index contributed by atoms with van der Waals surface area (Å²) in [5.74, 6) is 1.86. The lowest BCUT2D eigenvalue weighted by molar-refractivity contribution is -0.705. The Labute approximate surface area is 227 Å². The molecule has 0 aliphatic rings. The second kappa shape index (κ2) is 16.5. The fourth-order valence-electron chi connectivity index (χ4n) is 6.09. The van der Waals surface area contributed by atoms with Crippen molar-refractivity contribution < 1.29 is 4.57 Å². The molecule has 2 nitrogen and oxygen atoms in total. The molecule has 2 aromatic carbocycles. The molecule has 0 aliphatic carbocycles. The van der Waals surface area contributed by atoms with E-state index >= 15 is 0 Å². The summed E-state index contributed by atoms with van der Waals surface area (Å²) >= 11 is 0. The Morgan fingerprint density at radius 1 is 0.703 bits per heavy atom. The maximum absolute atomic E-state index is 3.75. The topological polar surface area (TPSA) is 19.7 Å². The van der Waals surface area contributed by atoms with Gasteiger partial charge in [-0.3, -0.25) is 0 Å². The molecule has 0 saturated carbocycles. The number of aryl methyl sites for hydroxylation is 1. The minimum Gasteiger partial charge on any atom is -0.247 e. The summed E-state index contributed by atoms with van der Waals surface area (Å²) in [6.07, 6.45) is 22.8. The van der Waals surface area contributed by atoms with E-state index < -0.39 is 0 Å². The molecule has 1 heterocycles. The Hall–Kier alpha value is -2.35. The van der Waals surface area contributed by atoms with Crippen LogP contribution in [0.15, 0.2) is 73.1 Å². The van der Waals surface area contributed by atoms with Gasteiger partial charge in [0.2, 0.25) is 0 Å². The van der Waals surface area contributed by atoms with Crippen LogP contribution in [0.25, 0.3) is 0 Å². The zero-order chi connectivity index (χ0) is 26.2. The minimum absolute atomic E-state index is 0.0135. The molecule has 0 bridgehead atoms. The zero-order valence-electron chi connectivity index (χ0n) is 24.1. The third-order valence-corrected chi connectivity index (χ3v) is 8.34. The van der Waals surface area contributed by atoms with Crippen LogP contribution < -0.4 is 4.57 Å². The molecule has 202 valence electrons. The highest BCUT2D eigenvalue weighted by atomic mass is 15.1. The van der Waals surface area contributed by atoms with Crippen molar-refractivity contribution in [3.8, 4) is 0 Å². The lowest BCUT2D eigenvalue weighted by atomic mass is 9.66. The van der Waals surface area contributed by atoms with Gasteiger partial charge in [-0.25, -0.2) is 9.55 Å². The molecule has 2 atom stereocenters. The monoisotopic (exact) mass is 501 g/mol. The molecule has 0 radical (unpaired) electrons. The Morgan fingerprint density at radius 3 is 1.92 bits per heavy atom. The third-order valence-electron chi connectivity index (χ3n) is 8.34. The van der Waals surface area contributed by atoms with Gasteiger partial charge in [-0.15, -0.1) is 0 Å². The Bertz CT molecular complexity index is 961. The van der Waals surface area contributed by atoms with Crippen molar-refractivity contribution in [1.82, 2.24) is 4.98 Å². The Balaban J connectivity index is 1.86. The van der Waals surface area contributed by atoms with Gasteiger partial charge in [0, 0.05) is 5.41 Å². The first-order valence-corrected chi connectivity index (χ1v) is 15.3. The number of hydrogen-bond donors (Lipinski definition) is 1. The van der Waals surface area contributed by atoms with Gasteiger partial charge in [0.05, 0.1) is 12.5 Å². The molecule has 0 fully saturated rings. The summed E-state index contributed by atoms with van der Waals surface area (Å²) in [4.78, 5) is 3.75. The highest BCUT2D eigenvalue weighted by molar-refractivity contribution is 5.32. The third kappa shape index (κ3) is 9.16. The van der Waals surface area contributed by atoms with E-state index in [1.165, 1.54) is 100 Å². The van der Waals surface area contributed by atoms with Crippen LogP contribution in [0.1, 0.15) is 127 Å². The van der Waals surface area contributed by atoms with E-state index in [0.717, 1.165) is 13.0 Å². The van der Waals surface area contributed by atoms with E-state index in [1.54, 1.807) is 0 Å².